The van der Waals surface area contributed by atoms with E-state index in [1.807, 2.05) is 0 Å². The molecule has 2 aromatic heterocycles. The predicted octanol–water partition coefficient (Wildman–Crippen LogP) is 3.57. The summed E-state index contributed by atoms with van der Waals surface area (Å²) < 4.78 is 32.0. The summed E-state index contributed by atoms with van der Waals surface area (Å²) in [6.07, 6.45) is 1.38. The van der Waals surface area contributed by atoms with E-state index in [1.165, 1.54) is 6.20 Å². The van der Waals surface area contributed by atoms with Gasteiger partial charge < -0.3 is 9.51 Å². The smallest absolute Gasteiger partial charge is 0.265 e. The van der Waals surface area contributed by atoms with Crippen LogP contribution < -0.4 is 4.72 Å². The molecule has 0 amide bonds. The molecule has 9 heteroatoms. The number of nitrogens with zero attached hydrogens (tertiary/aromatic N) is 1. The normalized spacial score (nSPS) is 12.0. The van der Waals surface area contributed by atoms with E-state index in [4.69, 9.17) is 27.7 Å². The zero-order valence-corrected chi connectivity index (χ0v) is 13.0. The molecule has 3 rings (SSSR count). The fraction of sp³-hybridized carbons (Fsp3) is 0.0833. The highest BCUT2D eigenvalue weighted by Gasteiger charge is 2.22. The van der Waals surface area contributed by atoms with Gasteiger partial charge in [-0.15, -0.1) is 0 Å². The van der Waals surface area contributed by atoms with E-state index in [9.17, 15) is 8.42 Å². The molecule has 1 aromatic carbocycles. The molecule has 0 radical (unpaired) electrons. The van der Waals surface area contributed by atoms with Crippen LogP contribution in [0.4, 0.5) is 5.82 Å². The van der Waals surface area contributed by atoms with Crippen LogP contribution in [0.2, 0.25) is 10.0 Å². The van der Waals surface area contributed by atoms with Gasteiger partial charge in [-0.3, -0.25) is 4.72 Å². The van der Waals surface area contributed by atoms with Gasteiger partial charge in [-0.25, -0.2) is 8.42 Å². The largest absolute Gasteiger partial charge is 0.360 e. The summed E-state index contributed by atoms with van der Waals surface area (Å²) in [5, 5.41) is 4.73. The topological polar surface area (TPSA) is 88.0 Å². The Balaban J connectivity index is 2.06. The van der Waals surface area contributed by atoms with E-state index in [1.54, 1.807) is 25.1 Å². The summed E-state index contributed by atoms with van der Waals surface area (Å²) in [4.78, 5) is 2.94. The average molecular weight is 346 g/mol. The van der Waals surface area contributed by atoms with Crippen molar-refractivity contribution in [2.45, 2.75) is 11.8 Å². The molecule has 0 spiro atoms. The molecule has 2 heterocycles. The molecule has 0 saturated carbocycles. The third-order valence-electron chi connectivity index (χ3n) is 2.92. The number of aromatic nitrogens is 2. The first-order chi connectivity index (χ1) is 9.88. The van der Waals surface area contributed by atoms with Gasteiger partial charge in [0, 0.05) is 22.1 Å². The first-order valence-corrected chi connectivity index (χ1v) is 8.03. The summed E-state index contributed by atoms with van der Waals surface area (Å²) in [5.74, 6) is 0.289. The third-order valence-corrected chi connectivity index (χ3v) is 4.98. The number of aromatic amines is 1. The second-order valence-corrected chi connectivity index (χ2v) is 6.81. The molecule has 0 saturated heterocycles. The molecular formula is C12H9Cl2N3O3S. The highest BCUT2D eigenvalue weighted by atomic mass is 35.5. The molecule has 6 nitrogen and oxygen atoms in total. The van der Waals surface area contributed by atoms with Crippen LogP contribution in [-0.2, 0) is 10.0 Å². The molecule has 3 aromatic rings. The molecule has 2 N–H and O–H groups in total. The number of H-pyrrole nitrogens is 1. The van der Waals surface area contributed by atoms with Crippen molar-refractivity contribution < 1.29 is 12.9 Å². The van der Waals surface area contributed by atoms with Crippen LogP contribution in [0.3, 0.4) is 0 Å². The zero-order chi connectivity index (χ0) is 15.2. The number of sulfonamides is 1. The van der Waals surface area contributed by atoms with Gasteiger partial charge >= 0.3 is 0 Å². The number of hydrogen-bond acceptors (Lipinski definition) is 4. The standard InChI is InChI=1S/C12H9Cl2N3O3S/c1-6-11(14)12(16-20-6)17-21(18,19)10-5-15-9-4-7(13)2-3-8(9)10/h2-5,15H,1H3,(H,16,17). The maximum atomic E-state index is 12.4. The summed E-state index contributed by atoms with van der Waals surface area (Å²) in [7, 11) is -3.85. The van der Waals surface area contributed by atoms with Gasteiger partial charge in [0.15, 0.2) is 5.76 Å². The Kier molecular flexibility index (Phi) is 3.35. The second-order valence-electron chi connectivity index (χ2n) is 4.35. The lowest BCUT2D eigenvalue weighted by molar-refractivity contribution is 0.400. The SMILES string of the molecule is Cc1onc(NS(=O)(=O)c2c[nH]c3cc(Cl)ccc23)c1Cl. The number of aryl methyl sites for hydroxylation is 1. The van der Waals surface area contributed by atoms with Crippen LogP contribution >= 0.6 is 23.2 Å². The van der Waals surface area contributed by atoms with Crippen molar-refractivity contribution in [2.24, 2.45) is 0 Å². The Labute approximate surface area is 130 Å². The fourth-order valence-corrected chi connectivity index (χ4v) is 3.43. The summed E-state index contributed by atoms with van der Waals surface area (Å²) in [6, 6.07) is 4.88. The van der Waals surface area contributed by atoms with Gasteiger partial charge in [0.2, 0.25) is 5.82 Å². The molecule has 0 unspecified atom stereocenters. The predicted molar refractivity (Wildman–Crippen MR) is 80.4 cm³/mol. The molecule has 0 fully saturated rings. The van der Waals surface area contributed by atoms with Crippen molar-refractivity contribution in [2.75, 3.05) is 4.72 Å². The molecule has 0 atom stereocenters. The fourth-order valence-electron chi connectivity index (χ4n) is 1.90. The number of hydrogen-bond donors (Lipinski definition) is 2. The minimum absolute atomic E-state index is 0.0440. The van der Waals surface area contributed by atoms with Gasteiger partial charge in [-0.05, 0) is 25.1 Å². The van der Waals surface area contributed by atoms with Crippen molar-refractivity contribution in [1.29, 1.82) is 0 Å². The zero-order valence-electron chi connectivity index (χ0n) is 10.6. The van der Waals surface area contributed by atoms with E-state index in [-0.39, 0.29) is 15.7 Å². The van der Waals surface area contributed by atoms with Gasteiger partial charge in [-0.2, -0.15) is 0 Å². The minimum atomic E-state index is -3.85. The van der Waals surface area contributed by atoms with E-state index in [2.05, 4.69) is 14.9 Å². The van der Waals surface area contributed by atoms with Crippen molar-refractivity contribution in [3.05, 3.63) is 40.2 Å². The van der Waals surface area contributed by atoms with Crippen molar-refractivity contribution in [3.8, 4) is 0 Å². The molecule has 21 heavy (non-hydrogen) atoms. The Bertz CT molecular complexity index is 931. The molecular weight excluding hydrogens is 337 g/mol. The first kappa shape index (κ1) is 14.2. The lowest BCUT2D eigenvalue weighted by Crippen LogP contribution is -2.13. The molecule has 0 aliphatic rings. The third kappa shape index (κ3) is 2.48. The number of rotatable bonds is 3. The Morgan fingerprint density at radius 1 is 1.33 bits per heavy atom. The summed E-state index contributed by atoms with van der Waals surface area (Å²) in [6.45, 7) is 1.58. The maximum absolute atomic E-state index is 12.4. The quantitative estimate of drug-likeness (QED) is 0.759. The van der Waals surface area contributed by atoms with E-state index >= 15 is 0 Å². The van der Waals surface area contributed by atoms with Crippen LogP contribution in [0.15, 0.2) is 33.8 Å². The van der Waals surface area contributed by atoms with E-state index < -0.39 is 10.0 Å². The maximum Gasteiger partial charge on any atom is 0.265 e. The average Bonchev–Trinajstić information content (AvgIpc) is 2.97. The van der Waals surface area contributed by atoms with Gasteiger partial charge in [-0.1, -0.05) is 28.4 Å². The second kappa shape index (κ2) is 4.94. The van der Waals surface area contributed by atoms with Crippen molar-refractivity contribution in [3.63, 3.8) is 0 Å². The minimum Gasteiger partial charge on any atom is -0.360 e. The van der Waals surface area contributed by atoms with Crippen LogP contribution in [0.25, 0.3) is 10.9 Å². The van der Waals surface area contributed by atoms with Crippen LogP contribution in [0, 0.1) is 6.92 Å². The van der Waals surface area contributed by atoms with Crippen molar-refractivity contribution in [1.82, 2.24) is 10.1 Å². The monoisotopic (exact) mass is 345 g/mol. The first-order valence-electron chi connectivity index (χ1n) is 5.80. The summed E-state index contributed by atoms with van der Waals surface area (Å²) in [5.41, 5.74) is 0.616. The Hall–Kier alpha value is -1.70. The van der Waals surface area contributed by atoms with Crippen LogP contribution in [-0.4, -0.2) is 18.6 Å². The number of halogens is 2. The van der Waals surface area contributed by atoms with Crippen LogP contribution in [0.1, 0.15) is 5.76 Å². The Morgan fingerprint density at radius 2 is 2.10 bits per heavy atom. The highest BCUT2D eigenvalue weighted by Crippen LogP contribution is 2.30. The lowest BCUT2D eigenvalue weighted by Gasteiger charge is -2.04. The number of benzene rings is 1. The molecule has 0 aliphatic heterocycles. The number of nitrogens with one attached hydrogen (secondary N) is 2. The van der Waals surface area contributed by atoms with Gasteiger partial charge in [0.05, 0.1) is 0 Å². The van der Waals surface area contributed by atoms with E-state index in [0.29, 0.717) is 21.7 Å². The molecule has 0 bridgehead atoms. The summed E-state index contributed by atoms with van der Waals surface area (Å²) >= 11 is 11.8. The number of anilines is 1. The number of fused-ring (bicyclic) bond motifs is 1. The van der Waals surface area contributed by atoms with Gasteiger partial charge in [0.1, 0.15) is 9.92 Å². The lowest BCUT2D eigenvalue weighted by atomic mass is 10.2. The van der Waals surface area contributed by atoms with Crippen molar-refractivity contribution >= 4 is 49.9 Å². The highest BCUT2D eigenvalue weighted by molar-refractivity contribution is 7.93. The van der Waals surface area contributed by atoms with Gasteiger partial charge in [0.25, 0.3) is 10.0 Å². The van der Waals surface area contributed by atoms with E-state index in [0.717, 1.165) is 0 Å². The van der Waals surface area contributed by atoms with Crippen LogP contribution in [0.5, 0.6) is 0 Å². The molecule has 110 valence electrons. The molecule has 0 aliphatic carbocycles. The Morgan fingerprint density at radius 3 is 2.76 bits per heavy atom.